The van der Waals surface area contributed by atoms with Gasteiger partial charge in [-0.2, -0.15) is 0 Å². The summed E-state index contributed by atoms with van der Waals surface area (Å²) in [4.78, 5) is 9.02. The van der Waals surface area contributed by atoms with E-state index in [9.17, 15) is 0 Å². The van der Waals surface area contributed by atoms with Gasteiger partial charge < -0.3 is 0 Å². The van der Waals surface area contributed by atoms with Crippen molar-refractivity contribution in [2.75, 3.05) is 0 Å². The average molecular weight is 341 g/mol. The molecule has 1 atom stereocenters. The van der Waals surface area contributed by atoms with Crippen LogP contribution in [0.1, 0.15) is 29.0 Å². The second-order valence-corrected chi connectivity index (χ2v) is 6.99. The minimum atomic E-state index is 0.277. The lowest BCUT2D eigenvalue weighted by atomic mass is 10.1. The number of hydrogen-bond acceptors (Lipinski definition) is 3. The summed E-state index contributed by atoms with van der Waals surface area (Å²) in [7, 11) is 0. The normalized spacial score (nSPS) is 12.1. The smallest absolute Gasteiger partial charge is 0.189 e. The largest absolute Gasteiger partial charge is 0.227 e. The van der Waals surface area contributed by atoms with Gasteiger partial charge in [0.2, 0.25) is 0 Å². The maximum atomic E-state index is 6.18. The molecule has 0 amide bonds. The van der Waals surface area contributed by atoms with Gasteiger partial charge in [0, 0.05) is 11.7 Å². The number of aromatic nitrogens is 2. The first-order chi connectivity index (χ1) is 11.2. The fourth-order valence-electron chi connectivity index (χ4n) is 2.34. The quantitative estimate of drug-likeness (QED) is 0.345. The van der Waals surface area contributed by atoms with Crippen molar-refractivity contribution in [3.63, 3.8) is 0 Å². The van der Waals surface area contributed by atoms with Gasteiger partial charge in [0.15, 0.2) is 5.16 Å². The highest BCUT2D eigenvalue weighted by atomic mass is 35.5. The van der Waals surface area contributed by atoms with E-state index in [0.29, 0.717) is 5.15 Å². The minimum Gasteiger partial charge on any atom is -0.227 e. The van der Waals surface area contributed by atoms with Crippen LogP contribution < -0.4 is 0 Å². The molecule has 0 N–H and O–H groups in total. The Kier molecular flexibility index (Phi) is 5.31. The number of halogens is 1. The topological polar surface area (TPSA) is 25.8 Å². The molecule has 23 heavy (non-hydrogen) atoms. The van der Waals surface area contributed by atoms with Crippen LogP contribution in [-0.4, -0.2) is 9.97 Å². The molecule has 0 saturated heterocycles. The Morgan fingerprint density at radius 2 is 1.61 bits per heavy atom. The molecule has 0 aliphatic carbocycles. The summed E-state index contributed by atoms with van der Waals surface area (Å²) in [6.07, 6.45) is 0.760. The van der Waals surface area contributed by atoms with Crippen molar-refractivity contribution in [1.82, 2.24) is 9.97 Å². The molecule has 116 valence electrons. The molecule has 1 heterocycles. The second-order valence-electron chi connectivity index (χ2n) is 5.30. The van der Waals surface area contributed by atoms with E-state index in [1.54, 1.807) is 11.8 Å². The molecular formula is C19H17ClN2S. The molecule has 3 aromatic rings. The summed E-state index contributed by atoms with van der Waals surface area (Å²) in [6, 6.07) is 22.5. The summed E-state index contributed by atoms with van der Waals surface area (Å²) in [5.74, 6) is 0. The Hall–Kier alpha value is -1.84. The SMILES string of the molecule is CC(Sc1nc(Cl)cc(Cc2ccccc2)n1)c1ccccc1. The molecule has 3 rings (SSSR count). The molecule has 0 spiro atoms. The van der Waals surface area contributed by atoms with Crippen LogP contribution in [-0.2, 0) is 6.42 Å². The van der Waals surface area contributed by atoms with Crippen molar-refractivity contribution >= 4 is 23.4 Å². The van der Waals surface area contributed by atoms with Crippen molar-refractivity contribution in [1.29, 1.82) is 0 Å². The van der Waals surface area contributed by atoms with E-state index in [1.165, 1.54) is 11.1 Å². The third-order valence-corrected chi connectivity index (χ3v) is 4.72. The van der Waals surface area contributed by atoms with Crippen LogP contribution >= 0.6 is 23.4 Å². The third-order valence-electron chi connectivity index (χ3n) is 3.51. The van der Waals surface area contributed by atoms with Crippen LogP contribution in [0.25, 0.3) is 0 Å². The first kappa shape index (κ1) is 16.0. The lowest BCUT2D eigenvalue weighted by molar-refractivity contribution is 0.895. The maximum Gasteiger partial charge on any atom is 0.189 e. The van der Waals surface area contributed by atoms with Gasteiger partial charge >= 0.3 is 0 Å². The summed E-state index contributed by atoms with van der Waals surface area (Å²) in [6.45, 7) is 2.15. The summed E-state index contributed by atoms with van der Waals surface area (Å²) < 4.78 is 0. The van der Waals surface area contributed by atoms with E-state index in [1.807, 2.05) is 42.5 Å². The zero-order valence-corrected chi connectivity index (χ0v) is 14.4. The monoisotopic (exact) mass is 340 g/mol. The summed E-state index contributed by atoms with van der Waals surface area (Å²) >= 11 is 7.81. The van der Waals surface area contributed by atoms with Gasteiger partial charge in [0.1, 0.15) is 5.15 Å². The van der Waals surface area contributed by atoms with E-state index in [2.05, 4.69) is 41.2 Å². The summed E-state index contributed by atoms with van der Waals surface area (Å²) in [5.41, 5.74) is 3.42. The fourth-order valence-corrected chi connectivity index (χ4v) is 3.53. The van der Waals surface area contributed by atoms with Crippen LogP contribution in [0, 0.1) is 0 Å². The summed E-state index contributed by atoms with van der Waals surface area (Å²) in [5, 5.41) is 1.49. The lowest BCUT2D eigenvalue weighted by Crippen LogP contribution is -1.98. The molecule has 0 fully saturated rings. The Balaban J connectivity index is 1.78. The van der Waals surface area contributed by atoms with E-state index in [0.717, 1.165) is 17.3 Å². The number of hydrogen-bond donors (Lipinski definition) is 0. The van der Waals surface area contributed by atoms with Crippen LogP contribution in [0.3, 0.4) is 0 Å². The minimum absolute atomic E-state index is 0.277. The highest BCUT2D eigenvalue weighted by molar-refractivity contribution is 7.99. The van der Waals surface area contributed by atoms with Gasteiger partial charge in [-0.05, 0) is 24.1 Å². The number of nitrogens with zero attached hydrogens (tertiary/aromatic N) is 2. The van der Waals surface area contributed by atoms with Crippen LogP contribution in [0.2, 0.25) is 5.15 Å². The molecule has 0 saturated carbocycles. The number of thioether (sulfide) groups is 1. The number of rotatable bonds is 5. The zero-order chi connectivity index (χ0) is 16.1. The van der Waals surface area contributed by atoms with Gasteiger partial charge in [0.05, 0.1) is 5.69 Å². The molecule has 0 aliphatic heterocycles. The Morgan fingerprint density at radius 1 is 0.957 bits per heavy atom. The van der Waals surface area contributed by atoms with Crippen molar-refractivity contribution in [2.24, 2.45) is 0 Å². The molecule has 2 nitrogen and oxygen atoms in total. The average Bonchev–Trinajstić information content (AvgIpc) is 2.56. The van der Waals surface area contributed by atoms with Gasteiger partial charge in [-0.15, -0.1) is 0 Å². The molecule has 4 heteroatoms. The Labute approximate surface area is 146 Å². The van der Waals surface area contributed by atoms with Gasteiger partial charge in [-0.25, -0.2) is 9.97 Å². The van der Waals surface area contributed by atoms with E-state index < -0.39 is 0 Å². The van der Waals surface area contributed by atoms with Gasteiger partial charge in [0.25, 0.3) is 0 Å². The van der Waals surface area contributed by atoms with Crippen molar-refractivity contribution in [3.8, 4) is 0 Å². The van der Waals surface area contributed by atoms with Crippen molar-refractivity contribution in [2.45, 2.75) is 23.8 Å². The highest BCUT2D eigenvalue weighted by Gasteiger charge is 2.11. The molecule has 1 unspecified atom stereocenters. The van der Waals surface area contributed by atoms with E-state index in [-0.39, 0.29) is 5.25 Å². The van der Waals surface area contributed by atoms with Crippen LogP contribution in [0.15, 0.2) is 71.9 Å². The van der Waals surface area contributed by atoms with E-state index in [4.69, 9.17) is 11.6 Å². The Morgan fingerprint density at radius 3 is 2.30 bits per heavy atom. The van der Waals surface area contributed by atoms with Gasteiger partial charge in [-0.3, -0.25) is 0 Å². The molecular weight excluding hydrogens is 324 g/mol. The van der Waals surface area contributed by atoms with E-state index >= 15 is 0 Å². The molecule has 0 aliphatic rings. The van der Waals surface area contributed by atoms with Crippen molar-refractivity contribution < 1.29 is 0 Å². The Bertz CT molecular complexity index is 763. The fraction of sp³-hybridized carbons (Fsp3) is 0.158. The number of benzene rings is 2. The predicted molar refractivity (Wildman–Crippen MR) is 97.0 cm³/mol. The maximum absolute atomic E-state index is 6.18. The molecule has 0 radical (unpaired) electrons. The first-order valence-electron chi connectivity index (χ1n) is 7.50. The first-order valence-corrected chi connectivity index (χ1v) is 8.75. The van der Waals surface area contributed by atoms with Gasteiger partial charge in [-0.1, -0.05) is 84.0 Å². The van der Waals surface area contributed by atoms with Crippen LogP contribution in [0.4, 0.5) is 0 Å². The van der Waals surface area contributed by atoms with Crippen molar-refractivity contribution in [3.05, 3.63) is 88.7 Å². The predicted octanol–water partition coefficient (Wildman–Crippen LogP) is 5.57. The zero-order valence-electron chi connectivity index (χ0n) is 12.8. The highest BCUT2D eigenvalue weighted by Crippen LogP contribution is 2.33. The lowest BCUT2D eigenvalue weighted by Gasteiger charge is -2.11. The molecule has 0 bridgehead atoms. The molecule has 2 aromatic carbocycles. The molecule has 1 aromatic heterocycles. The van der Waals surface area contributed by atoms with Crippen LogP contribution in [0.5, 0.6) is 0 Å². The second kappa shape index (κ2) is 7.62. The third kappa shape index (κ3) is 4.57. The standard InChI is InChI=1S/C19H17ClN2S/c1-14(16-10-6-3-7-11-16)23-19-21-17(13-18(20)22-19)12-15-8-4-2-5-9-15/h2-11,13-14H,12H2,1H3.